The molecule has 94 valence electrons. The van der Waals surface area contributed by atoms with Crippen molar-refractivity contribution in [1.82, 2.24) is 0 Å². The van der Waals surface area contributed by atoms with Gasteiger partial charge in [-0.25, -0.2) is 0 Å². The monoisotopic (exact) mass is 254 g/mol. The first-order valence-electron chi connectivity index (χ1n) is 5.73. The Kier molecular flexibility index (Phi) is 2.38. The molecule has 1 N–H and O–H groups in total. The first-order chi connectivity index (χ1) is 9.13. The standard InChI is InChI=1S/C15H10O4/c1-19-12-4-2-3-10-13(12)15(18)11-7-8(16)5-6-9(11)14(10)17/h2-7,16H,1H3. The van der Waals surface area contributed by atoms with Gasteiger partial charge in [0.2, 0.25) is 0 Å². The van der Waals surface area contributed by atoms with Crippen molar-refractivity contribution in [3.63, 3.8) is 0 Å². The molecule has 2 aromatic rings. The molecule has 19 heavy (non-hydrogen) atoms. The van der Waals surface area contributed by atoms with Crippen LogP contribution in [0, 0.1) is 0 Å². The Bertz CT molecular complexity index is 716. The van der Waals surface area contributed by atoms with Crippen LogP contribution >= 0.6 is 0 Å². The van der Waals surface area contributed by atoms with Crippen molar-refractivity contribution in [2.75, 3.05) is 7.11 Å². The maximum atomic E-state index is 12.4. The van der Waals surface area contributed by atoms with Crippen molar-refractivity contribution in [3.8, 4) is 11.5 Å². The third-order valence-corrected chi connectivity index (χ3v) is 3.21. The lowest BCUT2D eigenvalue weighted by molar-refractivity contribution is 0.0976. The summed E-state index contributed by atoms with van der Waals surface area (Å²) in [4.78, 5) is 24.8. The molecule has 0 spiro atoms. The number of hydrogen-bond donors (Lipinski definition) is 1. The fraction of sp³-hybridized carbons (Fsp3) is 0.0667. The quantitative estimate of drug-likeness (QED) is 0.723. The zero-order valence-electron chi connectivity index (χ0n) is 10.1. The molecule has 1 aliphatic carbocycles. The number of carbonyl (C=O) groups is 2. The minimum Gasteiger partial charge on any atom is -0.508 e. The first-order valence-corrected chi connectivity index (χ1v) is 5.73. The van der Waals surface area contributed by atoms with Crippen LogP contribution in [0.3, 0.4) is 0 Å². The van der Waals surface area contributed by atoms with Gasteiger partial charge in [0.05, 0.1) is 12.7 Å². The summed E-state index contributed by atoms with van der Waals surface area (Å²) in [6, 6.07) is 9.09. The van der Waals surface area contributed by atoms with Gasteiger partial charge in [0.1, 0.15) is 11.5 Å². The minimum absolute atomic E-state index is 0.0433. The van der Waals surface area contributed by atoms with Gasteiger partial charge in [0.25, 0.3) is 0 Å². The van der Waals surface area contributed by atoms with Crippen LogP contribution in [0.2, 0.25) is 0 Å². The lowest BCUT2D eigenvalue weighted by Gasteiger charge is -2.19. The highest BCUT2D eigenvalue weighted by Gasteiger charge is 2.32. The second-order valence-corrected chi connectivity index (χ2v) is 4.27. The van der Waals surface area contributed by atoms with E-state index in [2.05, 4.69) is 0 Å². The zero-order chi connectivity index (χ0) is 13.6. The van der Waals surface area contributed by atoms with Crippen LogP contribution in [0.15, 0.2) is 36.4 Å². The Morgan fingerprint density at radius 1 is 0.947 bits per heavy atom. The predicted octanol–water partition coefficient (Wildman–Crippen LogP) is 2.18. The fourth-order valence-electron chi connectivity index (χ4n) is 2.32. The maximum Gasteiger partial charge on any atom is 0.198 e. The molecule has 0 saturated heterocycles. The van der Waals surface area contributed by atoms with Crippen molar-refractivity contribution < 1.29 is 19.4 Å². The van der Waals surface area contributed by atoms with Gasteiger partial charge in [-0.1, -0.05) is 12.1 Å². The van der Waals surface area contributed by atoms with Crippen molar-refractivity contribution in [2.24, 2.45) is 0 Å². The van der Waals surface area contributed by atoms with E-state index in [0.717, 1.165) is 0 Å². The molecule has 0 radical (unpaired) electrons. The third kappa shape index (κ3) is 1.53. The second-order valence-electron chi connectivity index (χ2n) is 4.27. The fourth-order valence-corrected chi connectivity index (χ4v) is 2.32. The topological polar surface area (TPSA) is 63.6 Å². The van der Waals surface area contributed by atoms with Gasteiger partial charge < -0.3 is 9.84 Å². The number of phenolic OH excluding ortho intramolecular Hbond substituents is 1. The van der Waals surface area contributed by atoms with E-state index >= 15 is 0 Å². The summed E-state index contributed by atoms with van der Waals surface area (Å²) < 4.78 is 5.14. The Morgan fingerprint density at radius 2 is 1.74 bits per heavy atom. The lowest BCUT2D eigenvalue weighted by atomic mass is 9.83. The smallest absolute Gasteiger partial charge is 0.198 e. The molecule has 0 heterocycles. The van der Waals surface area contributed by atoms with Gasteiger partial charge in [-0.2, -0.15) is 0 Å². The van der Waals surface area contributed by atoms with Crippen molar-refractivity contribution in [1.29, 1.82) is 0 Å². The number of ketones is 2. The van der Waals surface area contributed by atoms with Crippen LogP contribution in [-0.4, -0.2) is 23.8 Å². The number of carbonyl (C=O) groups excluding carboxylic acids is 2. The molecular weight excluding hydrogens is 244 g/mol. The number of aromatic hydroxyl groups is 1. The van der Waals surface area contributed by atoms with Crippen LogP contribution in [0.25, 0.3) is 0 Å². The van der Waals surface area contributed by atoms with Gasteiger partial charge in [-0.05, 0) is 24.3 Å². The van der Waals surface area contributed by atoms with Gasteiger partial charge in [-0.3, -0.25) is 9.59 Å². The molecule has 4 heteroatoms. The molecule has 4 nitrogen and oxygen atoms in total. The Labute approximate surface area is 109 Å². The zero-order valence-corrected chi connectivity index (χ0v) is 10.1. The van der Waals surface area contributed by atoms with E-state index in [0.29, 0.717) is 16.9 Å². The summed E-state index contributed by atoms with van der Waals surface area (Å²) in [7, 11) is 1.45. The molecule has 2 aromatic carbocycles. The molecule has 0 aromatic heterocycles. The molecule has 0 unspecified atom stereocenters. The molecule has 0 atom stereocenters. The number of fused-ring (bicyclic) bond motifs is 2. The average Bonchev–Trinajstić information content (AvgIpc) is 2.43. The van der Waals surface area contributed by atoms with Crippen LogP contribution < -0.4 is 4.74 Å². The second kappa shape index (κ2) is 3.95. The van der Waals surface area contributed by atoms with E-state index in [1.807, 2.05) is 0 Å². The van der Waals surface area contributed by atoms with E-state index in [1.54, 1.807) is 18.2 Å². The van der Waals surface area contributed by atoms with E-state index < -0.39 is 0 Å². The van der Waals surface area contributed by atoms with Crippen molar-refractivity contribution >= 4 is 11.6 Å². The predicted molar refractivity (Wildman–Crippen MR) is 68.0 cm³/mol. The van der Waals surface area contributed by atoms with Gasteiger partial charge in [0, 0.05) is 16.7 Å². The minimum atomic E-state index is -0.307. The number of methoxy groups -OCH3 is 1. The highest BCUT2D eigenvalue weighted by Crippen LogP contribution is 2.34. The molecule has 1 aliphatic rings. The normalized spacial score (nSPS) is 12.9. The number of rotatable bonds is 1. The molecule has 0 aliphatic heterocycles. The summed E-state index contributed by atoms with van der Waals surface area (Å²) in [6.07, 6.45) is 0. The highest BCUT2D eigenvalue weighted by atomic mass is 16.5. The van der Waals surface area contributed by atoms with Crippen molar-refractivity contribution in [3.05, 3.63) is 58.7 Å². The maximum absolute atomic E-state index is 12.4. The molecule has 0 amide bonds. The largest absolute Gasteiger partial charge is 0.508 e. The summed E-state index contributed by atoms with van der Waals surface area (Å²) in [6.45, 7) is 0. The van der Waals surface area contributed by atoms with Crippen LogP contribution in [0.5, 0.6) is 11.5 Å². The SMILES string of the molecule is COc1cccc2c1C(=O)c1cc(O)ccc1C2=O. The van der Waals surface area contributed by atoms with E-state index in [4.69, 9.17) is 4.74 Å². The lowest BCUT2D eigenvalue weighted by Crippen LogP contribution is -2.21. The molecule has 0 saturated carbocycles. The summed E-state index contributed by atoms with van der Waals surface area (Å²) in [5.74, 6) is -0.218. The Hall–Kier alpha value is -2.62. The summed E-state index contributed by atoms with van der Waals surface area (Å²) in [5.41, 5.74) is 1.11. The number of ether oxygens (including phenoxy) is 1. The molecule has 0 bridgehead atoms. The molecular formula is C15H10O4. The number of phenols is 1. The van der Waals surface area contributed by atoms with Crippen LogP contribution in [-0.2, 0) is 0 Å². The van der Waals surface area contributed by atoms with Crippen LogP contribution in [0.4, 0.5) is 0 Å². The summed E-state index contributed by atoms with van der Waals surface area (Å²) >= 11 is 0. The van der Waals surface area contributed by atoms with Gasteiger partial charge >= 0.3 is 0 Å². The number of hydrogen-bond acceptors (Lipinski definition) is 4. The van der Waals surface area contributed by atoms with Gasteiger partial charge in [0.15, 0.2) is 11.6 Å². The highest BCUT2D eigenvalue weighted by molar-refractivity contribution is 6.29. The van der Waals surface area contributed by atoms with E-state index in [9.17, 15) is 14.7 Å². The van der Waals surface area contributed by atoms with Crippen LogP contribution in [0.1, 0.15) is 31.8 Å². The Morgan fingerprint density at radius 3 is 2.47 bits per heavy atom. The van der Waals surface area contributed by atoms with Gasteiger partial charge in [-0.15, -0.1) is 0 Å². The third-order valence-electron chi connectivity index (χ3n) is 3.21. The molecule has 0 fully saturated rings. The first kappa shape index (κ1) is 11.5. The van der Waals surface area contributed by atoms with Crippen molar-refractivity contribution in [2.45, 2.75) is 0 Å². The van der Waals surface area contributed by atoms with E-state index in [1.165, 1.54) is 25.3 Å². The summed E-state index contributed by atoms with van der Waals surface area (Å²) in [5, 5.41) is 9.47. The Balaban J connectivity index is 2.33. The number of benzene rings is 2. The average molecular weight is 254 g/mol. The van der Waals surface area contributed by atoms with E-state index in [-0.39, 0.29) is 28.4 Å². The molecule has 3 rings (SSSR count).